The maximum Gasteiger partial charge on any atom is 0.137 e. The number of anilines is 2. The molecule has 1 aromatic heterocycles. The molecule has 0 amide bonds. The molecule has 0 saturated heterocycles. The first-order valence-electron chi connectivity index (χ1n) is 8.11. The fourth-order valence-corrected chi connectivity index (χ4v) is 2.70. The lowest BCUT2D eigenvalue weighted by Gasteiger charge is -2.26. The second kappa shape index (κ2) is 5.58. The van der Waals surface area contributed by atoms with E-state index in [9.17, 15) is 0 Å². The standard InChI is InChI=1S/C16H26N4/c1-4-14-18-15(17-5-2)11(3)16(19-14)20(13-8-9-13)10-12-6-7-12/h12-13H,4-10H2,1-3H3,(H,17,18,19). The van der Waals surface area contributed by atoms with Crippen molar-refractivity contribution >= 4 is 11.6 Å². The van der Waals surface area contributed by atoms with Gasteiger partial charge < -0.3 is 10.2 Å². The van der Waals surface area contributed by atoms with Crippen molar-refractivity contribution in [1.29, 1.82) is 0 Å². The van der Waals surface area contributed by atoms with Crippen LogP contribution in [0.4, 0.5) is 11.6 Å². The first kappa shape index (κ1) is 13.7. The zero-order valence-electron chi connectivity index (χ0n) is 12.9. The van der Waals surface area contributed by atoms with E-state index in [1.54, 1.807) is 0 Å². The van der Waals surface area contributed by atoms with Crippen LogP contribution in [-0.4, -0.2) is 29.1 Å². The SMILES string of the molecule is CCNc1nc(CC)nc(N(CC2CC2)C2CC2)c1C. The summed E-state index contributed by atoms with van der Waals surface area (Å²) in [4.78, 5) is 12.1. The molecule has 0 radical (unpaired) electrons. The smallest absolute Gasteiger partial charge is 0.137 e. The molecule has 1 N–H and O–H groups in total. The molecule has 0 aliphatic heterocycles. The van der Waals surface area contributed by atoms with Crippen LogP contribution in [-0.2, 0) is 6.42 Å². The fraction of sp³-hybridized carbons (Fsp3) is 0.750. The molecule has 2 fully saturated rings. The van der Waals surface area contributed by atoms with Gasteiger partial charge in [0.15, 0.2) is 0 Å². The summed E-state index contributed by atoms with van der Waals surface area (Å²) in [6.45, 7) is 8.51. The highest BCUT2D eigenvalue weighted by Gasteiger charge is 2.35. The van der Waals surface area contributed by atoms with Gasteiger partial charge in [-0.25, -0.2) is 9.97 Å². The van der Waals surface area contributed by atoms with Crippen LogP contribution >= 0.6 is 0 Å². The van der Waals surface area contributed by atoms with Crippen LogP contribution in [0, 0.1) is 12.8 Å². The second-order valence-electron chi connectivity index (χ2n) is 6.15. The summed E-state index contributed by atoms with van der Waals surface area (Å²) in [5.74, 6) is 4.07. The van der Waals surface area contributed by atoms with Gasteiger partial charge in [-0.1, -0.05) is 6.92 Å². The number of nitrogens with one attached hydrogen (secondary N) is 1. The third kappa shape index (κ3) is 2.89. The van der Waals surface area contributed by atoms with Gasteiger partial charge in [0.1, 0.15) is 17.5 Å². The topological polar surface area (TPSA) is 41.1 Å². The highest BCUT2D eigenvalue weighted by Crippen LogP contribution is 2.39. The Morgan fingerprint density at radius 3 is 2.45 bits per heavy atom. The molecule has 0 spiro atoms. The van der Waals surface area contributed by atoms with Crippen molar-refractivity contribution in [2.75, 3.05) is 23.3 Å². The molecule has 110 valence electrons. The Balaban J connectivity index is 1.93. The van der Waals surface area contributed by atoms with E-state index in [0.717, 1.165) is 36.6 Å². The highest BCUT2D eigenvalue weighted by atomic mass is 15.3. The summed E-state index contributed by atoms with van der Waals surface area (Å²) in [6.07, 6.45) is 6.35. The van der Waals surface area contributed by atoms with Crippen LogP contribution in [0.2, 0.25) is 0 Å². The minimum Gasteiger partial charge on any atom is -0.370 e. The van der Waals surface area contributed by atoms with E-state index in [2.05, 4.69) is 36.0 Å². The Bertz CT molecular complexity index is 478. The van der Waals surface area contributed by atoms with E-state index in [-0.39, 0.29) is 0 Å². The Morgan fingerprint density at radius 2 is 1.90 bits per heavy atom. The van der Waals surface area contributed by atoms with E-state index in [0.29, 0.717) is 0 Å². The van der Waals surface area contributed by atoms with Crippen molar-refractivity contribution < 1.29 is 0 Å². The largest absolute Gasteiger partial charge is 0.370 e. The van der Waals surface area contributed by atoms with Gasteiger partial charge in [0.2, 0.25) is 0 Å². The fourth-order valence-electron chi connectivity index (χ4n) is 2.70. The molecule has 0 unspecified atom stereocenters. The van der Waals surface area contributed by atoms with Gasteiger partial charge in [-0.3, -0.25) is 0 Å². The van der Waals surface area contributed by atoms with Crippen molar-refractivity contribution in [2.24, 2.45) is 5.92 Å². The zero-order valence-corrected chi connectivity index (χ0v) is 12.9. The van der Waals surface area contributed by atoms with Crippen molar-refractivity contribution in [3.05, 3.63) is 11.4 Å². The van der Waals surface area contributed by atoms with Crippen LogP contribution in [0.1, 0.15) is 50.9 Å². The first-order chi connectivity index (χ1) is 9.72. The Morgan fingerprint density at radius 1 is 1.15 bits per heavy atom. The molecule has 4 heteroatoms. The van der Waals surface area contributed by atoms with Gasteiger partial charge in [0.25, 0.3) is 0 Å². The average Bonchev–Trinajstić information content (AvgIpc) is 3.32. The summed E-state index contributed by atoms with van der Waals surface area (Å²) < 4.78 is 0. The summed E-state index contributed by atoms with van der Waals surface area (Å²) in [6, 6.07) is 0.725. The van der Waals surface area contributed by atoms with Crippen LogP contribution < -0.4 is 10.2 Å². The van der Waals surface area contributed by atoms with Crippen LogP contribution in [0.3, 0.4) is 0 Å². The second-order valence-corrected chi connectivity index (χ2v) is 6.15. The number of nitrogens with zero attached hydrogens (tertiary/aromatic N) is 3. The number of aromatic nitrogens is 2. The van der Waals surface area contributed by atoms with Gasteiger partial charge in [-0.15, -0.1) is 0 Å². The first-order valence-corrected chi connectivity index (χ1v) is 8.11. The quantitative estimate of drug-likeness (QED) is 0.829. The normalized spacial score (nSPS) is 18.1. The molecule has 1 heterocycles. The Kier molecular flexibility index (Phi) is 3.81. The molecule has 0 bridgehead atoms. The molecule has 1 aromatic rings. The lowest BCUT2D eigenvalue weighted by molar-refractivity contribution is 0.700. The molecular formula is C16H26N4. The molecule has 0 atom stereocenters. The zero-order chi connectivity index (χ0) is 14.1. The Labute approximate surface area is 122 Å². The lowest BCUT2D eigenvalue weighted by Crippen LogP contribution is -2.30. The molecule has 3 rings (SSSR count). The molecule has 2 aliphatic rings. The monoisotopic (exact) mass is 274 g/mol. The molecule has 2 saturated carbocycles. The van der Waals surface area contributed by atoms with Crippen molar-refractivity contribution in [3.8, 4) is 0 Å². The maximum absolute atomic E-state index is 4.85. The van der Waals surface area contributed by atoms with Crippen molar-refractivity contribution in [2.45, 2.75) is 58.9 Å². The highest BCUT2D eigenvalue weighted by molar-refractivity contribution is 5.59. The van der Waals surface area contributed by atoms with Gasteiger partial charge in [0, 0.05) is 31.1 Å². The van der Waals surface area contributed by atoms with Gasteiger partial charge in [-0.05, 0) is 45.4 Å². The minimum absolute atomic E-state index is 0.725. The number of aryl methyl sites for hydroxylation is 1. The molecule has 4 nitrogen and oxygen atoms in total. The number of hydrogen-bond donors (Lipinski definition) is 1. The van der Waals surface area contributed by atoms with Gasteiger partial charge >= 0.3 is 0 Å². The van der Waals surface area contributed by atoms with Crippen LogP contribution in [0.5, 0.6) is 0 Å². The molecule has 0 aromatic carbocycles. The average molecular weight is 274 g/mol. The lowest BCUT2D eigenvalue weighted by atomic mass is 10.2. The maximum atomic E-state index is 4.85. The summed E-state index contributed by atoms with van der Waals surface area (Å²) in [7, 11) is 0. The molecule has 2 aliphatic carbocycles. The molecule has 20 heavy (non-hydrogen) atoms. The van der Waals surface area contributed by atoms with E-state index in [4.69, 9.17) is 4.98 Å². The predicted octanol–water partition coefficient (Wildman–Crippen LogP) is 3.16. The summed E-state index contributed by atoms with van der Waals surface area (Å²) in [5.41, 5.74) is 1.22. The summed E-state index contributed by atoms with van der Waals surface area (Å²) in [5, 5.41) is 3.40. The van der Waals surface area contributed by atoms with Crippen molar-refractivity contribution in [3.63, 3.8) is 0 Å². The molecular weight excluding hydrogens is 248 g/mol. The van der Waals surface area contributed by atoms with Gasteiger partial charge in [-0.2, -0.15) is 0 Å². The van der Waals surface area contributed by atoms with E-state index in [1.807, 2.05) is 0 Å². The summed E-state index contributed by atoms with van der Waals surface area (Å²) >= 11 is 0. The van der Waals surface area contributed by atoms with Crippen molar-refractivity contribution in [1.82, 2.24) is 9.97 Å². The predicted molar refractivity (Wildman–Crippen MR) is 83.4 cm³/mol. The number of hydrogen-bond acceptors (Lipinski definition) is 4. The van der Waals surface area contributed by atoms with E-state index >= 15 is 0 Å². The minimum atomic E-state index is 0.725. The van der Waals surface area contributed by atoms with E-state index < -0.39 is 0 Å². The third-order valence-corrected chi connectivity index (χ3v) is 4.24. The third-order valence-electron chi connectivity index (χ3n) is 4.24. The van der Waals surface area contributed by atoms with Crippen LogP contribution in [0.25, 0.3) is 0 Å². The van der Waals surface area contributed by atoms with Gasteiger partial charge in [0.05, 0.1) is 0 Å². The number of rotatable bonds is 7. The van der Waals surface area contributed by atoms with Crippen LogP contribution in [0.15, 0.2) is 0 Å². The Hall–Kier alpha value is -1.32. The van der Waals surface area contributed by atoms with E-state index in [1.165, 1.54) is 43.6 Å².